The average molecular weight is 228 g/mol. The number of hydrogen-bond donors (Lipinski definition) is 3. The van der Waals surface area contributed by atoms with Gasteiger partial charge in [-0.15, -0.1) is 0 Å². The summed E-state index contributed by atoms with van der Waals surface area (Å²) < 4.78 is 15.8. The minimum Gasteiger partial charge on any atom is -0.424 e. The SMILES string of the molecule is O=P(O)(O)CNc1nc2ccccc2o1. The highest BCUT2D eigenvalue weighted by molar-refractivity contribution is 7.51. The molecule has 0 aliphatic carbocycles. The highest BCUT2D eigenvalue weighted by Crippen LogP contribution is 2.33. The Morgan fingerprint density at radius 3 is 2.80 bits per heavy atom. The quantitative estimate of drug-likeness (QED) is 0.686. The van der Waals surface area contributed by atoms with E-state index in [1.54, 1.807) is 24.3 Å². The predicted molar refractivity (Wildman–Crippen MR) is 54.5 cm³/mol. The average Bonchev–Trinajstić information content (AvgIpc) is 2.56. The van der Waals surface area contributed by atoms with Gasteiger partial charge in [-0.3, -0.25) is 4.57 Å². The first-order valence-electron chi connectivity index (χ1n) is 4.19. The molecule has 3 N–H and O–H groups in total. The van der Waals surface area contributed by atoms with Gasteiger partial charge in [0, 0.05) is 0 Å². The Morgan fingerprint density at radius 2 is 2.13 bits per heavy atom. The van der Waals surface area contributed by atoms with E-state index < -0.39 is 13.9 Å². The summed E-state index contributed by atoms with van der Waals surface area (Å²) in [5.74, 6) is 0. The van der Waals surface area contributed by atoms with Crippen molar-refractivity contribution in [3.63, 3.8) is 0 Å². The topological polar surface area (TPSA) is 95.6 Å². The Morgan fingerprint density at radius 1 is 1.40 bits per heavy atom. The lowest BCUT2D eigenvalue weighted by molar-refractivity contribution is 0.375. The third kappa shape index (κ3) is 2.56. The van der Waals surface area contributed by atoms with Crippen LogP contribution in [0.1, 0.15) is 0 Å². The molecule has 1 aromatic heterocycles. The van der Waals surface area contributed by atoms with E-state index in [9.17, 15) is 4.57 Å². The molecule has 7 heteroatoms. The van der Waals surface area contributed by atoms with Gasteiger partial charge in [-0.2, -0.15) is 4.98 Å². The molecule has 0 amide bonds. The second-order valence-corrected chi connectivity index (χ2v) is 4.63. The van der Waals surface area contributed by atoms with Crippen LogP contribution in [0.3, 0.4) is 0 Å². The largest absolute Gasteiger partial charge is 0.424 e. The Balaban J connectivity index is 2.19. The molecule has 15 heavy (non-hydrogen) atoms. The number of oxazole rings is 1. The number of nitrogens with zero attached hydrogens (tertiary/aromatic N) is 1. The van der Waals surface area contributed by atoms with Crippen molar-refractivity contribution in [2.75, 3.05) is 11.6 Å². The zero-order chi connectivity index (χ0) is 10.9. The monoisotopic (exact) mass is 228 g/mol. The van der Waals surface area contributed by atoms with Gasteiger partial charge in [-0.05, 0) is 12.1 Å². The first kappa shape index (κ1) is 10.2. The molecule has 0 atom stereocenters. The van der Waals surface area contributed by atoms with Crippen LogP contribution in [0.2, 0.25) is 0 Å². The van der Waals surface area contributed by atoms with E-state index in [2.05, 4.69) is 10.3 Å². The molecule has 0 saturated heterocycles. The summed E-state index contributed by atoms with van der Waals surface area (Å²) in [5, 5.41) is 2.43. The lowest BCUT2D eigenvalue weighted by Crippen LogP contribution is -2.01. The molecule has 1 heterocycles. The van der Waals surface area contributed by atoms with E-state index in [0.29, 0.717) is 11.1 Å². The van der Waals surface area contributed by atoms with Crippen LogP contribution < -0.4 is 5.32 Å². The Kier molecular flexibility index (Phi) is 2.48. The van der Waals surface area contributed by atoms with Crippen LogP contribution in [0.4, 0.5) is 6.01 Å². The molecule has 0 saturated carbocycles. The van der Waals surface area contributed by atoms with Crippen molar-refractivity contribution in [3.8, 4) is 0 Å². The minimum atomic E-state index is -4.09. The molecule has 0 aliphatic heterocycles. The van der Waals surface area contributed by atoms with Crippen molar-refractivity contribution in [1.82, 2.24) is 4.98 Å². The summed E-state index contributed by atoms with van der Waals surface area (Å²) >= 11 is 0. The minimum absolute atomic E-state index is 0.111. The van der Waals surface area contributed by atoms with Crippen molar-refractivity contribution < 1.29 is 18.8 Å². The number of nitrogens with one attached hydrogen (secondary N) is 1. The molecule has 0 bridgehead atoms. The van der Waals surface area contributed by atoms with E-state index in [0.717, 1.165) is 0 Å². The summed E-state index contributed by atoms with van der Waals surface area (Å²) in [6, 6.07) is 7.18. The predicted octanol–water partition coefficient (Wildman–Crippen LogP) is 1.37. The van der Waals surface area contributed by atoms with Gasteiger partial charge in [0.05, 0.1) is 0 Å². The molecule has 2 rings (SSSR count). The van der Waals surface area contributed by atoms with E-state index in [4.69, 9.17) is 14.2 Å². The zero-order valence-electron chi connectivity index (χ0n) is 7.62. The number of benzene rings is 1. The number of para-hydroxylation sites is 2. The van der Waals surface area contributed by atoms with Gasteiger partial charge < -0.3 is 19.5 Å². The van der Waals surface area contributed by atoms with Gasteiger partial charge in [0.2, 0.25) is 0 Å². The van der Waals surface area contributed by atoms with Crippen LogP contribution in [0.15, 0.2) is 28.7 Å². The van der Waals surface area contributed by atoms with Crippen LogP contribution >= 0.6 is 7.60 Å². The number of rotatable bonds is 3. The van der Waals surface area contributed by atoms with E-state index >= 15 is 0 Å². The Bertz CT molecular complexity index is 485. The molecule has 0 fully saturated rings. The standard InChI is InChI=1S/C8H9N2O4P/c11-15(12,13)5-9-8-10-6-3-1-2-4-7(6)14-8/h1-4H,5H2,(H,9,10)(H2,11,12,13). The summed E-state index contributed by atoms with van der Waals surface area (Å²) in [6.45, 7) is 0. The molecule has 6 nitrogen and oxygen atoms in total. The third-order valence-electron chi connectivity index (χ3n) is 1.73. The Labute approximate surface area is 85.1 Å². The van der Waals surface area contributed by atoms with Gasteiger partial charge >= 0.3 is 7.60 Å². The lowest BCUT2D eigenvalue weighted by Gasteiger charge is -2.02. The van der Waals surface area contributed by atoms with Crippen LogP contribution in [0, 0.1) is 0 Å². The molecule has 0 unspecified atom stereocenters. The second kappa shape index (κ2) is 3.66. The van der Waals surface area contributed by atoms with E-state index in [-0.39, 0.29) is 6.01 Å². The van der Waals surface area contributed by atoms with Crippen LogP contribution in [-0.2, 0) is 4.57 Å². The van der Waals surface area contributed by atoms with Crippen molar-refractivity contribution in [1.29, 1.82) is 0 Å². The zero-order valence-corrected chi connectivity index (χ0v) is 8.52. The van der Waals surface area contributed by atoms with Crippen LogP contribution in [0.25, 0.3) is 11.1 Å². The molecular formula is C8H9N2O4P. The van der Waals surface area contributed by atoms with E-state index in [1.807, 2.05) is 0 Å². The molecule has 1 aromatic carbocycles. The fraction of sp³-hybridized carbons (Fsp3) is 0.125. The van der Waals surface area contributed by atoms with Crippen molar-refractivity contribution in [3.05, 3.63) is 24.3 Å². The number of fused-ring (bicyclic) bond motifs is 1. The third-order valence-corrected chi connectivity index (χ3v) is 2.30. The van der Waals surface area contributed by atoms with Gasteiger partial charge in [0.1, 0.15) is 11.8 Å². The molecular weight excluding hydrogens is 219 g/mol. The maximum absolute atomic E-state index is 10.6. The molecule has 80 valence electrons. The van der Waals surface area contributed by atoms with Crippen molar-refractivity contribution in [2.45, 2.75) is 0 Å². The summed E-state index contributed by atoms with van der Waals surface area (Å²) in [7, 11) is -4.09. The highest BCUT2D eigenvalue weighted by Gasteiger charge is 2.14. The maximum atomic E-state index is 10.6. The molecule has 0 spiro atoms. The van der Waals surface area contributed by atoms with Crippen molar-refractivity contribution in [2.24, 2.45) is 0 Å². The number of aromatic nitrogens is 1. The van der Waals surface area contributed by atoms with Gasteiger partial charge in [-0.1, -0.05) is 12.1 Å². The summed E-state index contributed by atoms with van der Waals surface area (Å²) in [5.41, 5.74) is 1.22. The fourth-order valence-electron chi connectivity index (χ4n) is 1.12. The number of anilines is 1. The maximum Gasteiger partial charge on any atom is 0.344 e. The van der Waals surface area contributed by atoms with Crippen molar-refractivity contribution >= 4 is 24.7 Å². The van der Waals surface area contributed by atoms with Gasteiger partial charge in [0.25, 0.3) is 6.01 Å². The smallest absolute Gasteiger partial charge is 0.344 e. The second-order valence-electron chi connectivity index (χ2n) is 2.99. The first-order chi connectivity index (χ1) is 7.04. The van der Waals surface area contributed by atoms with Gasteiger partial charge in [-0.25, -0.2) is 0 Å². The fourth-order valence-corrected chi connectivity index (χ4v) is 1.46. The van der Waals surface area contributed by atoms with E-state index in [1.165, 1.54) is 0 Å². The van der Waals surface area contributed by atoms with Crippen LogP contribution in [0.5, 0.6) is 0 Å². The molecule has 2 aromatic rings. The van der Waals surface area contributed by atoms with Gasteiger partial charge in [0.15, 0.2) is 5.58 Å². The summed E-state index contributed by atoms with van der Waals surface area (Å²) in [6.07, 6.45) is -0.486. The first-order valence-corrected chi connectivity index (χ1v) is 5.98. The Hall–Kier alpha value is -1.36. The number of hydrogen-bond acceptors (Lipinski definition) is 4. The van der Waals surface area contributed by atoms with Crippen LogP contribution in [-0.4, -0.2) is 21.1 Å². The molecule has 0 aliphatic rings. The molecule has 0 radical (unpaired) electrons. The summed E-state index contributed by atoms with van der Waals surface area (Å²) in [4.78, 5) is 21.3. The highest BCUT2D eigenvalue weighted by atomic mass is 31.2. The lowest BCUT2D eigenvalue weighted by atomic mass is 10.3. The normalized spacial score (nSPS) is 11.9.